The molecule has 2 aliphatic heterocycles. The zero-order valence-electron chi connectivity index (χ0n) is 17.6. The van der Waals surface area contributed by atoms with Gasteiger partial charge in [-0.2, -0.15) is 0 Å². The van der Waals surface area contributed by atoms with E-state index < -0.39 is 20.8 Å². The number of nitrogens with zero attached hydrogens (tertiary/aromatic N) is 3. The molecule has 1 fully saturated rings. The Morgan fingerprint density at radius 3 is 2.59 bits per heavy atom. The fraction of sp³-hybridized carbons (Fsp3) is 0.381. The van der Waals surface area contributed by atoms with Gasteiger partial charge in [0.05, 0.1) is 4.92 Å². The molecule has 2 aromatic rings. The van der Waals surface area contributed by atoms with Crippen molar-refractivity contribution in [3.8, 4) is 0 Å². The number of nitro benzene ring substituents is 1. The number of aromatic nitrogens is 1. The number of pyridine rings is 1. The largest absolute Gasteiger partial charge is 0.348 e. The van der Waals surface area contributed by atoms with E-state index >= 15 is 0 Å². The molecule has 13 heteroatoms. The maximum absolute atomic E-state index is 12.7. The summed E-state index contributed by atoms with van der Waals surface area (Å²) in [4.78, 5) is 37.3. The van der Waals surface area contributed by atoms with Gasteiger partial charge in [0.15, 0.2) is 5.11 Å². The van der Waals surface area contributed by atoms with Crippen LogP contribution in [0.2, 0.25) is 0 Å². The van der Waals surface area contributed by atoms with E-state index in [0.717, 1.165) is 18.2 Å². The van der Waals surface area contributed by atoms with Crippen LogP contribution in [-0.2, 0) is 6.54 Å². The number of piperidine rings is 1. The molecule has 0 radical (unpaired) electrons. The zero-order chi connectivity index (χ0) is 24.6. The number of rotatable bonds is 4. The summed E-state index contributed by atoms with van der Waals surface area (Å²) in [6.07, 6.45) is -0.256. The second-order valence-corrected chi connectivity index (χ2v) is 11.1. The van der Waals surface area contributed by atoms with Crippen LogP contribution in [-0.4, -0.2) is 48.5 Å². The Kier molecular flexibility index (Phi) is 7.04. The average Bonchev–Trinajstić information content (AvgIpc) is 2.78. The van der Waals surface area contributed by atoms with Gasteiger partial charge in [-0.15, -0.1) is 0 Å². The fourth-order valence-electron chi connectivity index (χ4n) is 4.45. The van der Waals surface area contributed by atoms with Gasteiger partial charge in [0, 0.05) is 55.0 Å². The number of halogens is 3. The number of alkyl halides is 3. The van der Waals surface area contributed by atoms with Crippen molar-refractivity contribution in [2.75, 3.05) is 13.1 Å². The van der Waals surface area contributed by atoms with Crippen LogP contribution in [0.25, 0.3) is 0 Å². The Hall–Kier alpha value is -2.40. The summed E-state index contributed by atoms with van der Waals surface area (Å²) in [6.45, 7) is 1.77. The maximum Gasteiger partial charge on any atom is 0.270 e. The van der Waals surface area contributed by atoms with Crippen LogP contribution in [0, 0.1) is 16.0 Å². The first-order valence-electron chi connectivity index (χ1n) is 10.4. The van der Waals surface area contributed by atoms with Crippen molar-refractivity contribution in [1.29, 1.82) is 0 Å². The molecule has 2 aliphatic rings. The first-order valence-corrected chi connectivity index (χ1v) is 11.9. The monoisotopic (exact) mass is 543 g/mol. The lowest BCUT2D eigenvalue weighted by atomic mass is 9.83. The summed E-state index contributed by atoms with van der Waals surface area (Å²) < 4.78 is -0.151. The highest BCUT2D eigenvalue weighted by atomic mass is 35.6. The number of fused-ring (bicyclic) bond motifs is 4. The maximum atomic E-state index is 12.7. The van der Waals surface area contributed by atoms with Gasteiger partial charge in [-0.25, -0.2) is 0 Å². The standard InChI is InChI=1S/C21H20Cl3N5O4S/c22-21(23,24)19(25-18(31)13-3-1-4-15(8-13)29(32)33)26-20(34)27-9-12-7-14(11-27)16-5-2-6-17(30)28(16)10-12/h1-6,8,12,14,19H,7,9-11H2,(H,25,31)(H,26,34)/t12-,14-,19?/m0/s1. The van der Waals surface area contributed by atoms with E-state index in [1.54, 1.807) is 12.1 Å². The van der Waals surface area contributed by atoms with Crippen molar-refractivity contribution in [2.45, 2.75) is 28.8 Å². The molecule has 2 bridgehead atoms. The van der Waals surface area contributed by atoms with Crippen LogP contribution < -0.4 is 16.2 Å². The average molecular weight is 545 g/mol. The predicted octanol–water partition coefficient (Wildman–Crippen LogP) is 3.18. The van der Waals surface area contributed by atoms with E-state index in [-0.39, 0.29) is 33.8 Å². The molecule has 1 unspecified atom stereocenters. The Bertz CT molecular complexity index is 1200. The molecule has 1 aromatic heterocycles. The number of likely N-dealkylation sites (tertiary alicyclic amines) is 1. The number of carbonyl (C=O) groups is 1. The highest BCUT2D eigenvalue weighted by Gasteiger charge is 2.39. The molecular weight excluding hydrogens is 525 g/mol. The van der Waals surface area contributed by atoms with Gasteiger partial charge in [0.1, 0.15) is 6.17 Å². The number of non-ortho nitro benzene ring substituents is 1. The number of benzene rings is 1. The van der Waals surface area contributed by atoms with Crippen LogP contribution in [0.1, 0.15) is 28.4 Å². The lowest BCUT2D eigenvalue weighted by Crippen LogP contribution is -2.60. The van der Waals surface area contributed by atoms with Gasteiger partial charge >= 0.3 is 0 Å². The molecule has 1 aromatic carbocycles. The SMILES string of the molecule is O=C(NC(NC(=S)N1C[C@@H]2C[C@@H](C1)c1cccc(=O)n1C2)C(Cl)(Cl)Cl)c1cccc([N+](=O)[O-])c1. The lowest BCUT2D eigenvalue weighted by molar-refractivity contribution is -0.384. The zero-order valence-corrected chi connectivity index (χ0v) is 20.7. The second-order valence-electron chi connectivity index (χ2n) is 8.31. The summed E-state index contributed by atoms with van der Waals surface area (Å²) in [5.41, 5.74) is 0.756. The van der Waals surface area contributed by atoms with Gasteiger partial charge < -0.3 is 20.1 Å². The first kappa shape index (κ1) is 24.7. The third-order valence-corrected chi connectivity index (χ3v) is 6.99. The van der Waals surface area contributed by atoms with Gasteiger partial charge in [0.2, 0.25) is 3.79 Å². The Morgan fingerprint density at radius 2 is 1.88 bits per heavy atom. The molecule has 1 saturated heterocycles. The number of thiocarbonyl (C=S) groups is 1. The topological polar surface area (TPSA) is 110 Å². The molecule has 34 heavy (non-hydrogen) atoms. The smallest absolute Gasteiger partial charge is 0.270 e. The third-order valence-electron chi connectivity index (χ3n) is 5.96. The molecule has 180 valence electrons. The molecule has 1 amide bonds. The van der Waals surface area contributed by atoms with E-state index in [1.165, 1.54) is 18.2 Å². The van der Waals surface area contributed by atoms with E-state index in [4.69, 9.17) is 47.0 Å². The molecule has 9 nitrogen and oxygen atoms in total. The van der Waals surface area contributed by atoms with Crippen molar-refractivity contribution in [3.63, 3.8) is 0 Å². The summed E-state index contributed by atoms with van der Waals surface area (Å²) in [5.74, 6) is -0.331. The van der Waals surface area contributed by atoms with Gasteiger partial charge in [0.25, 0.3) is 17.2 Å². The van der Waals surface area contributed by atoms with E-state index in [0.29, 0.717) is 19.6 Å². The van der Waals surface area contributed by atoms with Crippen molar-refractivity contribution in [2.24, 2.45) is 5.92 Å². The highest BCUT2D eigenvalue weighted by molar-refractivity contribution is 7.80. The summed E-state index contributed by atoms with van der Waals surface area (Å²) in [6, 6.07) is 10.5. The third kappa shape index (κ3) is 5.30. The normalized spacial score (nSPS) is 20.1. The molecule has 3 atom stereocenters. The van der Waals surface area contributed by atoms with Crippen LogP contribution in [0.15, 0.2) is 47.3 Å². The Balaban J connectivity index is 1.47. The number of nitro groups is 1. The quantitative estimate of drug-likeness (QED) is 0.200. The van der Waals surface area contributed by atoms with Gasteiger partial charge in [-0.05, 0) is 36.7 Å². The number of hydrogen-bond donors (Lipinski definition) is 2. The first-order chi connectivity index (χ1) is 16.0. The minimum atomic E-state index is -1.97. The predicted molar refractivity (Wildman–Crippen MR) is 133 cm³/mol. The molecule has 0 saturated carbocycles. The number of carbonyl (C=O) groups excluding carboxylic acids is 1. The minimum absolute atomic E-state index is 0.0125. The van der Waals surface area contributed by atoms with Gasteiger partial charge in [-0.3, -0.25) is 19.7 Å². The summed E-state index contributed by atoms with van der Waals surface area (Å²) in [5, 5.41) is 16.8. The molecular formula is C21H20Cl3N5O4S. The number of amides is 1. The van der Waals surface area contributed by atoms with Crippen LogP contribution in [0.4, 0.5) is 5.69 Å². The molecule has 0 aliphatic carbocycles. The highest BCUT2D eigenvalue weighted by Crippen LogP contribution is 2.35. The summed E-state index contributed by atoms with van der Waals surface area (Å²) >= 11 is 23.9. The van der Waals surface area contributed by atoms with Crippen LogP contribution in [0.3, 0.4) is 0 Å². The Morgan fingerprint density at radius 1 is 1.15 bits per heavy atom. The van der Waals surface area contributed by atoms with E-state index in [2.05, 4.69) is 10.6 Å². The minimum Gasteiger partial charge on any atom is -0.348 e. The molecule has 3 heterocycles. The number of hydrogen-bond acceptors (Lipinski definition) is 5. The van der Waals surface area contributed by atoms with Crippen molar-refractivity contribution in [3.05, 3.63) is 74.2 Å². The molecule has 2 N–H and O–H groups in total. The number of nitrogens with one attached hydrogen (secondary N) is 2. The van der Waals surface area contributed by atoms with Crippen LogP contribution in [0.5, 0.6) is 0 Å². The van der Waals surface area contributed by atoms with Crippen molar-refractivity contribution >= 4 is 63.7 Å². The van der Waals surface area contributed by atoms with Gasteiger partial charge in [-0.1, -0.05) is 46.9 Å². The van der Waals surface area contributed by atoms with E-state index in [1.807, 2.05) is 15.5 Å². The van der Waals surface area contributed by atoms with Crippen LogP contribution >= 0.6 is 47.0 Å². The second kappa shape index (κ2) is 9.69. The summed E-state index contributed by atoms with van der Waals surface area (Å²) in [7, 11) is 0. The molecule has 0 spiro atoms. The Labute approximate surface area is 215 Å². The fourth-order valence-corrected chi connectivity index (χ4v) is 5.05. The van der Waals surface area contributed by atoms with Crippen molar-refractivity contribution < 1.29 is 9.72 Å². The lowest BCUT2D eigenvalue weighted by Gasteiger charge is -2.44. The molecule has 4 rings (SSSR count). The van der Waals surface area contributed by atoms with E-state index in [9.17, 15) is 19.7 Å². The van der Waals surface area contributed by atoms with Crippen molar-refractivity contribution in [1.82, 2.24) is 20.1 Å².